The van der Waals surface area contributed by atoms with Crippen LogP contribution in [-0.4, -0.2) is 29.3 Å². The fourth-order valence-electron chi connectivity index (χ4n) is 3.70. The lowest BCUT2D eigenvalue weighted by Crippen LogP contribution is -2.32. The van der Waals surface area contributed by atoms with Crippen LogP contribution in [0.4, 0.5) is 4.39 Å². The summed E-state index contributed by atoms with van der Waals surface area (Å²) in [5.41, 5.74) is 6.26. The molecule has 0 fully saturated rings. The minimum absolute atomic E-state index is 0.155. The van der Waals surface area contributed by atoms with Crippen LogP contribution in [0, 0.1) is 5.82 Å². The van der Waals surface area contributed by atoms with Crippen molar-refractivity contribution in [2.75, 3.05) is 13.7 Å². The number of hydrogen-bond donors (Lipinski definition) is 3. The number of nitrogens with zero attached hydrogens (tertiary/aromatic N) is 1. The Bertz CT molecular complexity index is 994. The summed E-state index contributed by atoms with van der Waals surface area (Å²) >= 11 is 0. The summed E-state index contributed by atoms with van der Waals surface area (Å²) in [5.74, 6) is -0.509. The molecule has 0 aliphatic carbocycles. The van der Waals surface area contributed by atoms with E-state index in [-0.39, 0.29) is 11.7 Å². The number of amides is 1. The van der Waals surface area contributed by atoms with Crippen molar-refractivity contribution in [3.63, 3.8) is 0 Å². The molecule has 140 valence electrons. The van der Waals surface area contributed by atoms with E-state index in [0.717, 1.165) is 22.3 Å². The molecular formula is C20H20FN3O3. The topological polar surface area (TPSA) is 75.5 Å². The molecule has 3 aromatic rings. The molecule has 2 heterocycles. The first-order valence-electron chi connectivity index (χ1n) is 8.72. The smallest absolute Gasteiger partial charge is 0.253 e. The molecule has 0 spiro atoms. The van der Waals surface area contributed by atoms with Crippen LogP contribution in [0.5, 0.6) is 0 Å². The molecule has 6 nitrogen and oxygen atoms in total. The van der Waals surface area contributed by atoms with Crippen molar-refractivity contribution < 1.29 is 19.1 Å². The highest BCUT2D eigenvalue weighted by atomic mass is 19.1. The van der Waals surface area contributed by atoms with E-state index < -0.39 is 6.23 Å². The summed E-state index contributed by atoms with van der Waals surface area (Å²) in [6, 6.07) is 12.2. The summed E-state index contributed by atoms with van der Waals surface area (Å²) in [6.07, 6.45) is 0.112. The van der Waals surface area contributed by atoms with Crippen LogP contribution >= 0.6 is 0 Å². The van der Waals surface area contributed by atoms with E-state index >= 15 is 0 Å². The number of benzene rings is 2. The second-order valence-electron chi connectivity index (χ2n) is 6.56. The maximum absolute atomic E-state index is 13.8. The van der Waals surface area contributed by atoms with Crippen molar-refractivity contribution >= 4 is 16.8 Å². The number of nitrogens with one attached hydrogen (secondary N) is 2. The summed E-state index contributed by atoms with van der Waals surface area (Å²) in [7, 11) is 1.50. The molecule has 0 bridgehead atoms. The maximum Gasteiger partial charge on any atom is 0.253 e. The first-order chi connectivity index (χ1) is 13.1. The van der Waals surface area contributed by atoms with Gasteiger partial charge in [0.25, 0.3) is 5.91 Å². The van der Waals surface area contributed by atoms with Crippen LogP contribution in [-0.2, 0) is 17.7 Å². The fourth-order valence-corrected chi connectivity index (χ4v) is 3.70. The molecule has 7 heteroatoms. The zero-order chi connectivity index (χ0) is 19.0. The van der Waals surface area contributed by atoms with E-state index in [1.807, 2.05) is 24.3 Å². The summed E-state index contributed by atoms with van der Waals surface area (Å²) in [5, 5.41) is 12.6. The highest BCUT2D eigenvalue weighted by Crippen LogP contribution is 2.30. The highest BCUT2D eigenvalue weighted by Gasteiger charge is 2.26. The van der Waals surface area contributed by atoms with E-state index in [4.69, 9.17) is 9.94 Å². The van der Waals surface area contributed by atoms with Crippen molar-refractivity contribution in [2.45, 2.75) is 19.2 Å². The minimum Gasteiger partial charge on any atom is -0.360 e. The van der Waals surface area contributed by atoms with E-state index in [1.54, 1.807) is 6.07 Å². The lowest BCUT2D eigenvalue weighted by molar-refractivity contribution is -0.0296. The second kappa shape index (κ2) is 7.11. The molecule has 1 aliphatic heterocycles. The Labute approximate surface area is 155 Å². The van der Waals surface area contributed by atoms with Gasteiger partial charge in [0.2, 0.25) is 0 Å². The molecule has 3 N–H and O–H groups in total. The number of hydroxylamine groups is 1. The lowest BCUT2D eigenvalue weighted by Gasteiger charge is -2.17. The van der Waals surface area contributed by atoms with Crippen molar-refractivity contribution in [2.24, 2.45) is 0 Å². The van der Waals surface area contributed by atoms with Crippen LogP contribution in [0.3, 0.4) is 0 Å². The zero-order valence-corrected chi connectivity index (χ0v) is 14.8. The van der Waals surface area contributed by atoms with Gasteiger partial charge in [-0.3, -0.25) is 4.79 Å². The number of halogens is 1. The first-order valence-corrected chi connectivity index (χ1v) is 8.72. The van der Waals surface area contributed by atoms with Crippen LogP contribution < -0.4 is 10.8 Å². The molecule has 1 unspecified atom stereocenters. The molecule has 1 aromatic heterocycles. The molecule has 0 radical (unpaired) electrons. The van der Waals surface area contributed by atoms with E-state index in [9.17, 15) is 9.18 Å². The number of aromatic nitrogens is 1. The Kier molecular flexibility index (Phi) is 4.65. The Balaban J connectivity index is 1.75. The van der Waals surface area contributed by atoms with E-state index in [1.165, 1.54) is 19.2 Å². The zero-order valence-electron chi connectivity index (χ0n) is 14.8. The number of ether oxygens (including phenoxy) is 1. The van der Waals surface area contributed by atoms with Gasteiger partial charge in [0, 0.05) is 43.2 Å². The number of hydrogen-bond acceptors (Lipinski definition) is 4. The third-order valence-corrected chi connectivity index (χ3v) is 4.98. The largest absolute Gasteiger partial charge is 0.360 e. The summed E-state index contributed by atoms with van der Waals surface area (Å²) < 4.78 is 21.0. The SMILES string of the molecule is COC(NO)c1ccc(Cn2c3c(c4cc(F)ccc42)C(=O)NCC3)cc1. The summed E-state index contributed by atoms with van der Waals surface area (Å²) in [6.45, 7) is 1.14. The van der Waals surface area contributed by atoms with Crippen molar-refractivity contribution in [3.8, 4) is 0 Å². The van der Waals surface area contributed by atoms with Gasteiger partial charge in [-0.2, -0.15) is 5.48 Å². The van der Waals surface area contributed by atoms with Gasteiger partial charge in [0.1, 0.15) is 5.82 Å². The van der Waals surface area contributed by atoms with Crippen LogP contribution in [0.2, 0.25) is 0 Å². The molecule has 0 saturated heterocycles. The van der Waals surface area contributed by atoms with E-state index in [2.05, 4.69) is 15.4 Å². The van der Waals surface area contributed by atoms with Crippen molar-refractivity contribution in [1.82, 2.24) is 15.4 Å². The fraction of sp³-hybridized carbons (Fsp3) is 0.250. The molecule has 27 heavy (non-hydrogen) atoms. The third kappa shape index (κ3) is 3.10. The van der Waals surface area contributed by atoms with Gasteiger partial charge in [-0.25, -0.2) is 4.39 Å². The first kappa shape index (κ1) is 17.7. The van der Waals surface area contributed by atoms with Crippen LogP contribution in [0.25, 0.3) is 10.9 Å². The Morgan fingerprint density at radius 2 is 2.07 bits per heavy atom. The highest BCUT2D eigenvalue weighted by molar-refractivity contribution is 6.09. The normalized spacial score (nSPS) is 14.9. The number of carbonyl (C=O) groups is 1. The van der Waals surface area contributed by atoms with Gasteiger partial charge in [0.15, 0.2) is 6.23 Å². The van der Waals surface area contributed by atoms with Crippen LogP contribution in [0.15, 0.2) is 42.5 Å². The molecule has 1 atom stereocenters. The monoisotopic (exact) mass is 369 g/mol. The van der Waals surface area contributed by atoms with Crippen LogP contribution in [0.1, 0.15) is 33.4 Å². The maximum atomic E-state index is 13.8. The average Bonchev–Trinajstić information content (AvgIpc) is 2.98. The molecule has 1 aliphatic rings. The van der Waals surface area contributed by atoms with Gasteiger partial charge in [0.05, 0.1) is 5.56 Å². The van der Waals surface area contributed by atoms with Gasteiger partial charge < -0.3 is 19.8 Å². The number of carbonyl (C=O) groups excluding carboxylic acids is 1. The number of methoxy groups -OCH3 is 1. The quantitative estimate of drug-likeness (QED) is 0.478. The van der Waals surface area contributed by atoms with Crippen molar-refractivity contribution in [3.05, 3.63) is 70.7 Å². The van der Waals surface area contributed by atoms with Gasteiger partial charge in [-0.1, -0.05) is 24.3 Å². The minimum atomic E-state index is -0.592. The third-order valence-electron chi connectivity index (χ3n) is 4.98. The van der Waals surface area contributed by atoms with Gasteiger partial charge in [-0.15, -0.1) is 0 Å². The van der Waals surface area contributed by atoms with Crippen molar-refractivity contribution in [1.29, 1.82) is 0 Å². The molecular weight excluding hydrogens is 349 g/mol. The predicted molar refractivity (Wildman–Crippen MR) is 98.1 cm³/mol. The Morgan fingerprint density at radius 1 is 1.30 bits per heavy atom. The lowest BCUT2D eigenvalue weighted by atomic mass is 10.1. The second-order valence-corrected chi connectivity index (χ2v) is 6.56. The Morgan fingerprint density at radius 3 is 2.78 bits per heavy atom. The van der Waals surface area contributed by atoms with Gasteiger partial charge in [-0.05, 0) is 29.3 Å². The van der Waals surface area contributed by atoms with E-state index in [0.29, 0.717) is 30.5 Å². The standard InChI is InChI=1S/C20H20FN3O3/c1-27-20(23-26)13-4-2-12(3-5-13)11-24-16-7-6-14(21)10-15(16)18-17(24)8-9-22-19(18)25/h2-7,10,20,23,26H,8-9,11H2,1H3,(H,22,25). The average molecular weight is 369 g/mol. The number of fused-ring (bicyclic) bond motifs is 3. The summed E-state index contributed by atoms with van der Waals surface area (Å²) in [4.78, 5) is 12.4. The van der Waals surface area contributed by atoms with Gasteiger partial charge >= 0.3 is 0 Å². The Hall–Kier alpha value is -2.74. The molecule has 1 amide bonds. The molecule has 2 aromatic carbocycles. The molecule has 4 rings (SSSR count). The predicted octanol–water partition coefficient (Wildman–Crippen LogP) is 2.74. The number of rotatable bonds is 5. The molecule has 0 saturated carbocycles.